The average Bonchev–Trinajstić information content (AvgIpc) is 2.37. The van der Waals surface area contributed by atoms with Crippen LogP contribution < -0.4 is 10.1 Å². The van der Waals surface area contributed by atoms with E-state index in [0.29, 0.717) is 29.3 Å². The third kappa shape index (κ3) is 5.18. The van der Waals surface area contributed by atoms with Gasteiger partial charge >= 0.3 is 5.97 Å². The fraction of sp³-hybridized carbons (Fsp3) is 0.385. The van der Waals surface area contributed by atoms with E-state index in [1.807, 2.05) is 0 Å². The molecule has 0 spiro atoms. The van der Waals surface area contributed by atoms with Crippen molar-refractivity contribution in [2.45, 2.75) is 19.3 Å². The summed E-state index contributed by atoms with van der Waals surface area (Å²) in [6.07, 6.45) is 0.548. The highest BCUT2D eigenvalue weighted by Gasteiger charge is 2.12. The number of carbonyl (C=O) groups is 2. The van der Waals surface area contributed by atoms with Gasteiger partial charge in [-0.2, -0.15) is 0 Å². The zero-order valence-electron chi connectivity index (χ0n) is 10.6. The first-order chi connectivity index (χ1) is 9.04. The molecule has 1 rings (SSSR count). The molecule has 0 bridgehead atoms. The Morgan fingerprint density at radius 1 is 1.42 bits per heavy atom. The van der Waals surface area contributed by atoms with E-state index in [-0.39, 0.29) is 18.7 Å². The number of carboxylic acid groups (broad SMARTS) is 1. The predicted octanol–water partition coefficient (Wildman–Crippen LogP) is 1.87. The van der Waals surface area contributed by atoms with Crippen LogP contribution in [0.15, 0.2) is 18.2 Å². The highest BCUT2D eigenvalue weighted by molar-refractivity contribution is 6.31. The molecule has 0 fully saturated rings. The van der Waals surface area contributed by atoms with E-state index in [4.69, 9.17) is 21.4 Å². The number of methoxy groups -OCH3 is 1. The Morgan fingerprint density at radius 3 is 2.79 bits per heavy atom. The summed E-state index contributed by atoms with van der Waals surface area (Å²) in [5.41, 5.74) is 0.627. The number of carbonyl (C=O) groups excluding carboxylic acids is 1. The van der Waals surface area contributed by atoms with Crippen LogP contribution in [0.5, 0.6) is 5.75 Å². The Hall–Kier alpha value is -1.75. The van der Waals surface area contributed by atoms with Crippen LogP contribution in [0.3, 0.4) is 0 Å². The van der Waals surface area contributed by atoms with Gasteiger partial charge in [-0.15, -0.1) is 0 Å². The summed E-state index contributed by atoms with van der Waals surface area (Å²) in [4.78, 5) is 22.0. The van der Waals surface area contributed by atoms with Crippen LogP contribution in [0.1, 0.15) is 18.4 Å². The van der Waals surface area contributed by atoms with E-state index in [2.05, 4.69) is 5.32 Å². The second kappa shape index (κ2) is 7.63. The number of aliphatic carboxylic acids is 1. The van der Waals surface area contributed by atoms with Gasteiger partial charge in [0, 0.05) is 23.6 Å². The van der Waals surface area contributed by atoms with E-state index >= 15 is 0 Å². The third-order valence-corrected chi connectivity index (χ3v) is 2.88. The van der Waals surface area contributed by atoms with Crippen molar-refractivity contribution in [1.82, 2.24) is 5.32 Å². The van der Waals surface area contributed by atoms with Crippen molar-refractivity contribution in [3.63, 3.8) is 0 Å². The lowest BCUT2D eigenvalue weighted by Gasteiger charge is -2.10. The molecule has 0 aromatic heterocycles. The highest BCUT2D eigenvalue weighted by atomic mass is 35.5. The molecular formula is C13H16ClNO4. The normalized spacial score (nSPS) is 10.0. The number of rotatable bonds is 7. The lowest BCUT2D eigenvalue weighted by molar-refractivity contribution is -0.137. The van der Waals surface area contributed by atoms with Crippen LogP contribution in [0.2, 0.25) is 5.02 Å². The fourth-order valence-corrected chi connectivity index (χ4v) is 1.82. The van der Waals surface area contributed by atoms with E-state index in [1.54, 1.807) is 18.2 Å². The molecule has 2 N–H and O–H groups in total. The summed E-state index contributed by atoms with van der Waals surface area (Å²) in [7, 11) is 1.51. The molecule has 0 saturated heterocycles. The number of hydrogen-bond donors (Lipinski definition) is 2. The number of benzene rings is 1. The van der Waals surface area contributed by atoms with Gasteiger partial charge in [-0.3, -0.25) is 9.59 Å². The Labute approximate surface area is 116 Å². The zero-order chi connectivity index (χ0) is 14.3. The molecule has 0 radical (unpaired) electrons. The zero-order valence-corrected chi connectivity index (χ0v) is 11.4. The lowest BCUT2D eigenvalue weighted by Crippen LogP contribution is -2.26. The van der Waals surface area contributed by atoms with Gasteiger partial charge in [0.05, 0.1) is 13.5 Å². The molecule has 5 nitrogen and oxygen atoms in total. The van der Waals surface area contributed by atoms with Crippen LogP contribution in [0.25, 0.3) is 0 Å². The third-order valence-electron chi connectivity index (χ3n) is 2.52. The summed E-state index contributed by atoms with van der Waals surface area (Å²) >= 11 is 6.02. The van der Waals surface area contributed by atoms with Crippen molar-refractivity contribution in [2.24, 2.45) is 0 Å². The summed E-state index contributed by atoms with van der Waals surface area (Å²) in [6, 6.07) is 5.17. The molecule has 0 aliphatic heterocycles. The van der Waals surface area contributed by atoms with Crippen LogP contribution >= 0.6 is 11.6 Å². The second-order valence-electron chi connectivity index (χ2n) is 3.94. The molecule has 6 heteroatoms. The van der Waals surface area contributed by atoms with Crippen LogP contribution in [0, 0.1) is 0 Å². The van der Waals surface area contributed by atoms with Crippen LogP contribution in [0.4, 0.5) is 0 Å². The van der Waals surface area contributed by atoms with Crippen molar-refractivity contribution in [2.75, 3.05) is 13.7 Å². The Balaban J connectivity index is 2.50. The number of ether oxygens (including phenoxy) is 1. The Bertz CT molecular complexity index is 462. The number of nitrogens with one attached hydrogen (secondary N) is 1. The van der Waals surface area contributed by atoms with E-state index in [9.17, 15) is 9.59 Å². The molecule has 0 heterocycles. The van der Waals surface area contributed by atoms with Gasteiger partial charge in [0.1, 0.15) is 5.75 Å². The first-order valence-corrected chi connectivity index (χ1v) is 6.22. The van der Waals surface area contributed by atoms with Crippen molar-refractivity contribution >= 4 is 23.5 Å². The average molecular weight is 286 g/mol. The Kier molecular flexibility index (Phi) is 6.15. The number of halogens is 1. The van der Waals surface area contributed by atoms with E-state index in [1.165, 1.54) is 7.11 Å². The lowest BCUT2D eigenvalue weighted by atomic mass is 10.1. The van der Waals surface area contributed by atoms with Gasteiger partial charge in [-0.05, 0) is 18.6 Å². The maximum atomic E-state index is 11.7. The minimum atomic E-state index is -0.873. The molecule has 1 aromatic carbocycles. The van der Waals surface area contributed by atoms with Crippen LogP contribution in [-0.4, -0.2) is 30.6 Å². The van der Waals surface area contributed by atoms with E-state index < -0.39 is 5.97 Å². The number of carboxylic acids is 1. The molecule has 0 aliphatic carbocycles. The monoisotopic (exact) mass is 285 g/mol. The quantitative estimate of drug-likeness (QED) is 0.750. The Morgan fingerprint density at radius 2 is 2.16 bits per heavy atom. The minimum absolute atomic E-state index is 0.0374. The fourth-order valence-electron chi connectivity index (χ4n) is 1.59. The summed E-state index contributed by atoms with van der Waals surface area (Å²) < 4.78 is 5.14. The summed E-state index contributed by atoms with van der Waals surface area (Å²) in [6.45, 7) is 0.331. The second-order valence-corrected chi connectivity index (χ2v) is 4.35. The maximum Gasteiger partial charge on any atom is 0.303 e. The van der Waals surface area contributed by atoms with Gasteiger partial charge in [0.2, 0.25) is 5.91 Å². The van der Waals surface area contributed by atoms with Gasteiger partial charge in [-0.1, -0.05) is 17.7 Å². The van der Waals surface area contributed by atoms with Gasteiger partial charge in [-0.25, -0.2) is 0 Å². The summed E-state index contributed by atoms with van der Waals surface area (Å²) in [5.74, 6) is -0.521. The predicted molar refractivity (Wildman–Crippen MR) is 71.6 cm³/mol. The summed E-state index contributed by atoms with van der Waals surface area (Å²) in [5, 5.41) is 11.6. The first-order valence-electron chi connectivity index (χ1n) is 5.84. The molecule has 0 saturated carbocycles. The van der Waals surface area contributed by atoms with Crippen LogP contribution in [-0.2, 0) is 16.0 Å². The highest BCUT2D eigenvalue weighted by Crippen LogP contribution is 2.26. The smallest absolute Gasteiger partial charge is 0.303 e. The van der Waals surface area contributed by atoms with Crippen molar-refractivity contribution < 1.29 is 19.4 Å². The number of amides is 1. The van der Waals surface area contributed by atoms with Crippen molar-refractivity contribution in [3.05, 3.63) is 28.8 Å². The SMILES string of the molecule is COc1cccc(Cl)c1CC(=O)NCCCC(=O)O. The van der Waals surface area contributed by atoms with Gasteiger partial charge in [0.15, 0.2) is 0 Å². The topological polar surface area (TPSA) is 75.6 Å². The standard InChI is InChI=1S/C13H16ClNO4/c1-19-11-5-2-4-10(14)9(11)8-12(16)15-7-3-6-13(17)18/h2,4-5H,3,6-8H2,1H3,(H,15,16)(H,17,18). The minimum Gasteiger partial charge on any atom is -0.496 e. The molecule has 0 atom stereocenters. The van der Waals surface area contributed by atoms with Crippen molar-refractivity contribution in [1.29, 1.82) is 0 Å². The molecule has 104 valence electrons. The molecule has 19 heavy (non-hydrogen) atoms. The number of hydrogen-bond acceptors (Lipinski definition) is 3. The van der Waals surface area contributed by atoms with Gasteiger partial charge < -0.3 is 15.2 Å². The molecule has 1 aromatic rings. The maximum absolute atomic E-state index is 11.7. The van der Waals surface area contributed by atoms with Crippen molar-refractivity contribution in [3.8, 4) is 5.75 Å². The molecule has 1 amide bonds. The molecule has 0 aliphatic rings. The van der Waals surface area contributed by atoms with E-state index in [0.717, 1.165) is 0 Å². The first kappa shape index (κ1) is 15.3. The molecule has 0 unspecified atom stereocenters. The van der Waals surface area contributed by atoms with Gasteiger partial charge in [0.25, 0.3) is 0 Å². The largest absolute Gasteiger partial charge is 0.496 e. The molecular weight excluding hydrogens is 270 g/mol.